The molecule has 0 fully saturated rings. The quantitative estimate of drug-likeness (QED) is 0.431. The molecule has 0 aliphatic carbocycles. The second-order valence-electron chi connectivity index (χ2n) is 5.20. The van der Waals surface area contributed by atoms with Crippen molar-refractivity contribution in [2.45, 2.75) is 71.1 Å². The highest BCUT2D eigenvalue weighted by Crippen LogP contribution is 2.14. The molecule has 0 amide bonds. The summed E-state index contributed by atoms with van der Waals surface area (Å²) >= 11 is 3.47. The van der Waals surface area contributed by atoms with E-state index in [0.29, 0.717) is 0 Å². The van der Waals surface area contributed by atoms with E-state index in [1.54, 1.807) is 0 Å². The molecule has 0 atom stereocenters. The van der Waals surface area contributed by atoms with E-state index in [1.807, 2.05) is 0 Å². The van der Waals surface area contributed by atoms with Crippen molar-refractivity contribution >= 4 is 15.9 Å². The summed E-state index contributed by atoms with van der Waals surface area (Å²) < 4.78 is 1.18. The van der Waals surface area contributed by atoms with Crippen molar-refractivity contribution in [2.24, 2.45) is 0 Å². The highest BCUT2D eigenvalue weighted by atomic mass is 79.9. The van der Waals surface area contributed by atoms with Gasteiger partial charge in [-0.05, 0) is 30.5 Å². The van der Waals surface area contributed by atoms with Crippen molar-refractivity contribution in [1.82, 2.24) is 0 Å². The Morgan fingerprint density at radius 3 is 1.78 bits per heavy atom. The van der Waals surface area contributed by atoms with Gasteiger partial charge in [-0.3, -0.25) is 0 Å². The first-order valence-corrected chi connectivity index (χ1v) is 8.36. The number of halogens is 1. The lowest BCUT2D eigenvalue weighted by Crippen LogP contribution is -1.86. The summed E-state index contributed by atoms with van der Waals surface area (Å²) in [5, 5.41) is 0. The zero-order valence-electron chi connectivity index (χ0n) is 11.8. The third kappa shape index (κ3) is 7.92. The van der Waals surface area contributed by atoms with E-state index in [0.717, 1.165) is 0 Å². The average molecular weight is 311 g/mol. The summed E-state index contributed by atoms with van der Waals surface area (Å²) in [4.78, 5) is 0. The Labute approximate surface area is 121 Å². The van der Waals surface area contributed by atoms with Crippen LogP contribution in [0.25, 0.3) is 0 Å². The van der Waals surface area contributed by atoms with Crippen LogP contribution in [-0.4, -0.2) is 0 Å². The molecule has 0 spiro atoms. The monoisotopic (exact) mass is 310 g/mol. The number of aryl methyl sites for hydroxylation is 1. The van der Waals surface area contributed by atoms with Crippen LogP contribution in [-0.2, 0) is 6.42 Å². The van der Waals surface area contributed by atoms with E-state index in [1.165, 1.54) is 74.2 Å². The molecule has 0 heterocycles. The molecule has 0 aliphatic rings. The SMILES string of the molecule is CCCCCCCCCCCc1ccc(Br)cc1. The van der Waals surface area contributed by atoms with E-state index < -0.39 is 0 Å². The van der Waals surface area contributed by atoms with Gasteiger partial charge in [-0.15, -0.1) is 0 Å². The van der Waals surface area contributed by atoms with Crippen molar-refractivity contribution in [3.63, 3.8) is 0 Å². The first-order valence-electron chi connectivity index (χ1n) is 7.57. The van der Waals surface area contributed by atoms with E-state index in [2.05, 4.69) is 47.1 Å². The number of rotatable bonds is 10. The molecule has 0 unspecified atom stereocenters. The van der Waals surface area contributed by atoms with Gasteiger partial charge in [-0.25, -0.2) is 0 Å². The molecule has 18 heavy (non-hydrogen) atoms. The highest BCUT2D eigenvalue weighted by molar-refractivity contribution is 9.10. The molecule has 0 aliphatic heterocycles. The molecule has 102 valence electrons. The molecule has 1 rings (SSSR count). The largest absolute Gasteiger partial charge is 0.0654 e. The second-order valence-corrected chi connectivity index (χ2v) is 6.12. The summed E-state index contributed by atoms with van der Waals surface area (Å²) in [6.07, 6.45) is 13.9. The van der Waals surface area contributed by atoms with Crippen LogP contribution >= 0.6 is 15.9 Å². The zero-order valence-corrected chi connectivity index (χ0v) is 13.3. The molecule has 0 saturated carbocycles. The molecule has 0 nitrogen and oxygen atoms in total. The molecule has 1 aromatic rings. The number of unbranched alkanes of at least 4 members (excludes halogenated alkanes) is 8. The third-order valence-corrected chi connectivity index (χ3v) is 4.01. The lowest BCUT2D eigenvalue weighted by Gasteiger charge is -2.03. The van der Waals surface area contributed by atoms with Gasteiger partial charge in [0.05, 0.1) is 0 Å². The lowest BCUT2D eigenvalue weighted by molar-refractivity contribution is 0.565. The Balaban J connectivity index is 1.91. The standard InChI is InChI=1S/C17H27Br/c1-2-3-4-5-6-7-8-9-10-11-16-12-14-17(18)15-13-16/h12-15H,2-11H2,1H3. The molecule has 1 aromatic carbocycles. The predicted molar refractivity (Wildman–Crippen MR) is 85.1 cm³/mol. The molecule has 0 bridgehead atoms. The van der Waals surface area contributed by atoms with Gasteiger partial charge >= 0.3 is 0 Å². The van der Waals surface area contributed by atoms with Crippen LogP contribution in [0.3, 0.4) is 0 Å². The van der Waals surface area contributed by atoms with Gasteiger partial charge in [0.25, 0.3) is 0 Å². The van der Waals surface area contributed by atoms with Crippen LogP contribution in [0.2, 0.25) is 0 Å². The smallest absolute Gasteiger partial charge is 0.0175 e. The van der Waals surface area contributed by atoms with Gasteiger partial charge in [-0.2, -0.15) is 0 Å². The Hall–Kier alpha value is -0.300. The third-order valence-electron chi connectivity index (χ3n) is 3.48. The molecule has 1 heteroatoms. The van der Waals surface area contributed by atoms with Gasteiger partial charge in [0.15, 0.2) is 0 Å². The maximum Gasteiger partial charge on any atom is 0.0175 e. The summed E-state index contributed by atoms with van der Waals surface area (Å²) in [5.41, 5.74) is 1.47. The Kier molecular flexibility index (Phi) is 9.28. The molecule has 0 radical (unpaired) electrons. The second kappa shape index (κ2) is 10.6. The van der Waals surface area contributed by atoms with Crippen LogP contribution in [0, 0.1) is 0 Å². The minimum Gasteiger partial charge on any atom is -0.0654 e. The number of hydrogen-bond donors (Lipinski definition) is 0. The molecule has 0 N–H and O–H groups in total. The van der Waals surface area contributed by atoms with Crippen molar-refractivity contribution in [3.05, 3.63) is 34.3 Å². The van der Waals surface area contributed by atoms with Gasteiger partial charge in [0.2, 0.25) is 0 Å². The summed E-state index contributed by atoms with van der Waals surface area (Å²) in [7, 11) is 0. The Morgan fingerprint density at radius 1 is 0.722 bits per heavy atom. The van der Waals surface area contributed by atoms with Crippen molar-refractivity contribution in [2.75, 3.05) is 0 Å². The fourth-order valence-electron chi connectivity index (χ4n) is 2.29. The van der Waals surface area contributed by atoms with Crippen molar-refractivity contribution in [1.29, 1.82) is 0 Å². The van der Waals surface area contributed by atoms with Crippen molar-refractivity contribution < 1.29 is 0 Å². The minimum atomic E-state index is 1.18. The van der Waals surface area contributed by atoms with E-state index in [9.17, 15) is 0 Å². The Morgan fingerprint density at radius 2 is 1.22 bits per heavy atom. The number of benzene rings is 1. The van der Waals surface area contributed by atoms with Crippen LogP contribution in [0.5, 0.6) is 0 Å². The highest BCUT2D eigenvalue weighted by Gasteiger charge is 1.95. The van der Waals surface area contributed by atoms with Gasteiger partial charge < -0.3 is 0 Å². The van der Waals surface area contributed by atoms with Crippen LogP contribution in [0.4, 0.5) is 0 Å². The first kappa shape index (κ1) is 15.8. The number of hydrogen-bond acceptors (Lipinski definition) is 0. The summed E-state index contributed by atoms with van der Waals surface area (Å²) in [6.45, 7) is 2.28. The summed E-state index contributed by atoms with van der Waals surface area (Å²) in [6, 6.07) is 8.75. The van der Waals surface area contributed by atoms with Crippen LogP contribution < -0.4 is 0 Å². The van der Waals surface area contributed by atoms with E-state index in [-0.39, 0.29) is 0 Å². The Bertz CT molecular complexity index is 289. The average Bonchev–Trinajstić information content (AvgIpc) is 2.39. The molecular weight excluding hydrogens is 284 g/mol. The topological polar surface area (TPSA) is 0 Å². The molecule has 0 aromatic heterocycles. The van der Waals surface area contributed by atoms with Gasteiger partial charge in [-0.1, -0.05) is 86.4 Å². The van der Waals surface area contributed by atoms with Gasteiger partial charge in [0, 0.05) is 4.47 Å². The van der Waals surface area contributed by atoms with Crippen molar-refractivity contribution in [3.8, 4) is 0 Å². The maximum absolute atomic E-state index is 3.47. The van der Waals surface area contributed by atoms with E-state index >= 15 is 0 Å². The fourth-order valence-corrected chi connectivity index (χ4v) is 2.56. The van der Waals surface area contributed by atoms with E-state index in [4.69, 9.17) is 0 Å². The first-order chi connectivity index (χ1) is 8.83. The summed E-state index contributed by atoms with van der Waals surface area (Å²) in [5.74, 6) is 0. The fraction of sp³-hybridized carbons (Fsp3) is 0.647. The predicted octanol–water partition coefficient (Wildman–Crippen LogP) is 6.52. The maximum atomic E-state index is 3.47. The van der Waals surface area contributed by atoms with Crippen LogP contribution in [0.15, 0.2) is 28.7 Å². The normalized spacial score (nSPS) is 10.8. The van der Waals surface area contributed by atoms with Crippen LogP contribution in [0.1, 0.15) is 70.3 Å². The zero-order chi connectivity index (χ0) is 13.1. The molecular formula is C17H27Br. The minimum absolute atomic E-state index is 1.18. The van der Waals surface area contributed by atoms with Gasteiger partial charge in [0.1, 0.15) is 0 Å². The molecule has 0 saturated heterocycles. The lowest BCUT2D eigenvalue weighted by atomic mass is 10.0.